The molecule has 0 fully saturated rings. The van der Waals surface area contributed by atoms with E-state index in [9.17, 15) is 4.79 Å². The smallest absolute Gasteiger partial charge is 0.293 e. The van der Waals surface area contributed by atoms with E-state index in [-0.39, 0.29) is 10.9 Å². The van der Waals surface area contributed by atoms with E-state index in [4.69, 9.17) is 44.3 Å². The molecule has 0 radical (unpaired) electrons. The molecule has 0 aliphatic rings. The summed E-state index contributed by atoms with van der Waals surface area (Å²) in [5, 5.41) is 6.60. The van der Waals surface area contributed by atoms with Crippen LogP contribution in [0.3, 0.4) is 0 Å². The van der Waals surface area contributed by atoms with Gasteiger partial charge in [-0.05, 0) is 54.2 Å². The zero-order valence-electron chi connectivity index (χ0n) is 14.7. The van der Waals surface area contributed by atoms with Gasteiger partial charge in [0.15, 0.2) is 22.3 Å². The highest BCUT2D eigenvalue weighted by atomic mass is 35.5. The molecule has 2 heterocycles. The average molecular weight is 446 g/mol. The Hall–Kier alpha value is -2.87. The molecule has 0 saturated heterocycles. The number of amides is 1. The molecule has 0 unspecified atom stereocenters. The third-order valence-electron chi connectivity index (χ3n) is 3.99. The van der Waals surface area contributed by atoms with Crippen LogP contribution in [0.25, 0.3) is 11.1 Å². The molecule has 2 aromatic heterocycles. The quantitative estimate of drug-likeness (QED) is 0.406. The number of fused-ring (bicyclic) bond motifs is 1. The van der Waals surface area contributed by atoms with Crippen molar-refractivity contribution in [1.29, 1.82) is 0 Å². The minimum atomic E-state index is -0.418. The van der Waals surface area contributed by atoms with Crippen molar-refractivity contribution in [2.45, 2.75) is 6.42 Å². The van der Waals surface area contributed by atoms with E-state index in [1.165, 1.54) is 6.26 Å². The highest BCUT2D eigenvalue weighted by molar-refractivity contribution is 7.80. The van der Waals surface area contributed by atoms with Gasteiger partial charge in [0.2, 0.25) is 0 Å². The van der Waals surface area contributed by atoms with E-state index in [0.29, 0.717) is 33.5 Å². The summed E-state index contributed by atoms with van der Waals surface area (Å²) in [5.41, 5.74) is 2.84. The number of benzene rings is 2. The third-order valence-corrected chi connectivity index (χ3v) is 4.70. The third kappa shape index (κ3) is 4.59. The van der Waals surface area contributed by atoms with E-state index >= 15 is 0 Å². The van der Waals surface area contributed by atoms with Crippen LogP contribution >= 0.6 is 35.4 Å². The minimum Gasteiger partial charge on any atom is -0.459 e. The molecule has 2 N–H and O–H groups in total. The molecule has 4 rings (SSSR count). The number of nitrogens with one attached hydrogen (secondary N) is 2. The molecule has 1 amide bonds. The highest BCUT2D eigenvalue weighted by Gasteiger charge is 2.12. The van der Waals surface area contributed by atoms with Crippen molar-refractivity contribution in [3.63, 3.8) is 0 Å². The maximum absolute atomic E-state index is 11.9. The van der Waals surface area contributed by atoms with Crippen molar-refractivity contribution in [1.82, 2.24) is 10.3 Å². The van der Waals surface area contributed by atoms with Gasteiger partial charge >= 0.3 is 0 Å². The SMILES string of the molecule is O=C(NC(=S)Nc1ccc(Cc2nc3cc(Cl)cc(Cl)c3o2)cc1)c1ccco1. The van der Waals surface area contributed by atoms with Gasteiger partial charge in [-0.2, -0.15) is 0 Å². The van der Waals surface area contributed by atoms with Gasteiger partial charge in [0.25, 0.3) is 5.91 Å². The Balaban J connectivity index is 1.39. The Labute approximate surface area is 180 Å². The van der Waals surface area contributed by atoms with Gasteiger partial charge in [-0.15, -0.1) is 0 Å². The Bertz CT molecular complexity index is 1190. The molecule has 6 nitrogen and oxygen atoms in total. The fraction of sp³-hybridized carbons (Fsp3) is 0.0500. The zero-order chi connectivity index (χ0) is 20.4. The first-order valence-electron chi connectivity index (χ1n) is 8.47. The lowest BCUT2D eigenvalue weighted by Gasteiger charge is -2.09. The number of nitrogens with zero attached hydrogens (tertiary/aromatic N) is 1. The monoisotopic (exact) mass is 445 g/mol. The predicted molar refractivity (Wildman–Crippen MR) is 116 cm³/mol. The Morgan fingerprint density at radius 1 is 1.14 bits per heavy atom. The van der Waals surface area contributed by atoms with Gasteiger partial charge < -0.3 is 14.2 Å². The predicted octanol–water partition coefficient (Wildman–Crippen LogP) is 5.45. The van der Waals surface area contributed by atoms with Crippen LogP contribution in [0.4, 0.5) is 5.69 Å². The number of furan rings is 1. The van der Waals surface area contributed by atoms with Gasteiger partial charge in [-0.25, -0.2) is 4.98 Å². The topological polar surface area (TPSA) is 80.3 Å². The first kappa shape index (κ1) is 19.4. The van der Waals surface area contributed by atoms with Crippen LogP contribution in [-0.4, -0.2) is 16.0 Å². The maximum Gasteiger partial charge on any atom is 0.293 e. The number of carbonyl (C=O) groups excluding carboxylic acids is 1. The molecule has 4 aromatic rings. The van der Waals surface area contributed by atoms with Crippen LogP contribution < -0.4 is 10.6 Å². The van der Waals surface area contributed by atoms with Crippen LogP contribution in [0.1, 0.15) is 22.0 Å². The van der Waals surface area contributed by atoms with Crippen LogP contribution in [-0.2, 0) is 6.42 Å². The first-order chi connectivity index (χ1) is 14.0. The van der Waals surface area contributed by atoms with Crippen molar-refractivity contribution in [3.8, 4) is 0 Å². The fourth-order valence-electron chi connectivity index (χ4n) is 2.70. The maximum atomic E-state index is 11.9. The van der Waals surface area contributed by atoms with Crippen LogP contribution in [0, 0.1) is 0 Å². The highest BCUT2D eigenvalue weighted by Crippen LogP contribution is 2.29. The molecule has 2 aromatic carbocycles. The van der Waals surface area contributed by atoms with Crippen molar-refractivity contribution in [2.24, 2.45) is 0 Å². The Kier molecular flexibility index (Phi) is 5.53. The van der Waals surface area contributed by atoms with Crippen LogP contribution in [0.5, 0.6) is 0 Å². The molecule has 0 atom stereocenters. The zero-order valence-corrected chi connectivity index (χ0v) is 17.1. The van der Waals surface area contributed by atoms with Crippen molar-refractivity contribution >= 4 is 63.2 Å². The summed E-state index contributed by atoms with van der Waals surface area (Å²) < 4.78 is 10.8. The van der Waals surface area contributed by atoms with Gasteiger partial charge in [0.1, 0.15) is 5.52 Å². The second-order valence-electron chi connectivity index (χ2n) is 6.10. The summed E-state index contributed by atoms with van der Waals surface area (Å²) >= 11 is 17.3. The Morgan fingerprint density at radius 3 is 2.66 bits per heavy atom. The van der Waals surface area contributed by atoms with Gasteiger partial charge in [0.05, 0.1) is 11.3 Å². The lowest BCUT2D eigenvalue weighted by atomic mass is 10.1. The largest absolute Gasteiger partial charge is 0.459 e. The summed E-state index contributed by atoms with van der Waals surface area (Å²) in [6, 6.07) is 14.0. The normalized spacial score (nSPS) is 10.8. The van der Waals surface area contributed by atoms with E-state index in [1.54, 1.807) is 24.3 Å². The first-order valence-corrected chi connectivity index (χ1v) is 9.63. The lowest BCUT2D eigenvalue weighted by molar-refractivity contribution is 0.0950. The van der Waals surface area contributed by atoms with E-state index in [0.717, 1.165) is 11.3 Å². The molecular weight excluding hydrogens is 433 g/mol. The van der Waals surface area contributed by atoms with E-state index in [2.05, 4.69) is 15.6 Å². The number of hydrogen-bond donors (Lipinski definition) is 2. The van der Waals surface area contributed by atoms with Gasteiger partial charge in [-0.3, -0.25) is 10.1 Å². The molecule has 9 heteroatoms. The van der Waals surface area contributed by atoms with E-state index < -0.39 is 5.91 Å². The van der Waals surface area contributed by atoms with Crippen molar-refractivity contribution < 1.29 is 13.6 Å². The van der Waals surface area contributed by atoms with E-state index in [1.807, 2.05) is 24.3 Å². The number of aromatic nitrogens is 1. The van der Waals surface area contributed by atoms with Crippen molar-refractivity contribution in [2.75, 3.05) is 5.32 Å². The molecule has 0 bridgehead atoms. The number of rotatable bonds is 4. The number of oxazole rings is 1. The minimum absolute atomic E-state index is 0.171. The number of thiocarbonyl (C=S) groups is 1. The lowest BCUT2D eigenvalue weighted by Crippen LogP contribution is -2.33. The molecule has 146 valence electrons. The molecule has 0 spiro atoms. The second-order valence-corrected chi connectivity index (χ2v) is 7.35. The van der Waals surface area contributed by atoms with Crippen LogP contribution in [0.2, 0.25) is 10.0 Å². The van der Waals surface area contributed by atoms with Gasteiger partial charge in [0, 0.05) is 17.1 Å². The number of carbonyl (C=O) groups is 1. The number of halogens is 2. The fourth-order valence-corrected chi connectivity index (χ4v) is 3.43. The summed E-state index contributed by atoms with van der Waals surface area (Å²) in [6.45, 7) is 0. The van der Waals surface area contributed by atoms with Crippen molar-refractivity contribution in [3.05, 3.63) is 82.1 Å². The molecule has 0 aliphatic carbocycles. The summed E-state index contributed by atoms with van der Waals surface area (Å²) in [5.74, 6) is 0.300. The summed E-state index contributed by atoms with van der Waals surface area (Å²) in [4.78, 5) is 16.3. The summed E-state index contributed by atoms with van der Waals surface area (Å²) in [6.07, 6.45) is 1.91. The molecule has 29 heavy (non-hydrogen) atoms. The standard InChI is InChI=1S/C20H13Cl2N3O3S/c21-12-9-14(22)18-15(10-12)24-17(28-18)8-11-3-5-13(6-4-11)23-20(29)25-19(26)16-2-1-7-27-16/h1-7,9-10H,8H2,(H2,23,25,26,29). The number of hydrogen-bond acceptors (Lipinski definition) is 5. The molecular formula is C20H13Cl2N3O3S. The van der Waals surface area contributed by atoms with Gasteiger partial charge in [-0.1, -0.05) is 35.3 Å². The number of anilines is 1. The second kappa shape index (κ2) is 8.24. The molecule has 0 saturated carbocycles. The molecule has 0 aliphatic heterocycles. The van der Waals surface area contributed by atoms with Crippen LogP contribution in [0.15, 0.2) is 63.6 Å². The summed E-state index contributed by atoms with van der Waals surface area (Å²) in [7, 11) is 0. The average Bonchev–Trinajstić information content (AvgIpc) is 3.33. The Morgan fingerprint density at radius 2 is 1.93 bits per heavy atom.